The average Bonchev–Trinajstić information content (AvgIpc) is 3.05. The first-order chi connectivity index (χ1) is 11.5. The van der Waals surface area contributed by atoms with Gasteiger partial charge in [-0.1, -0.05) is 23.2 Å². The van der Waals surface area contributed by atoms with E-state index in [9.17, 15) is 9.59 Å². The van der Waals surface area contributed by atoms with Crippen molar-refractivity contribution in [2.75, 3.05) is 6.61 Å². The van der Waals surface area contributed by atoms with Crippen LogP contribution in [-0.2, 0) is 16.1 Å². The number of rotatable bonds is 7. The predicted octanol–water partition coefficient (Wildman–Crippen LogP) is 2.79. The van der Waals surface area contributed by atoms with E-state index in [0.29, 0.717) is 21.6 Å². The highest BCUT2D eigenvalue weighted by molar-refractivity contribution is 6.35. The fourth-order valence-electron chi connectivity index (χ4n) is 1.82. The van der Waals surface area contributed by atoms with E-state index in [2.05, 4.69) is 10.6 Å². The summed E-state index contributed by atoms with van der Waals surface area (Å²) in [4.78, 5) is 23.7. The second-order valence-electron chi connectivity index (χ2n) is 4.95. The molecule has 2 N–H and O–H groups in total. The van der Waals surface area contributed by atoms with Crippen molar-refractivity contribution in [3.63, 3.8) is 0 Å². The summed E-state index contributed by atoms with van der Waals surface area (Å²) < 4.78 is 10.4. The summed E-state index contributed by atoms with van der Waals surface area (Å²) in [5, 5.41) is 5.97. The van der Waals surface area contributed by atoms with Crippen LogP contribution in [0.2, 0.25) is 10.0 Å². The highest BCUT2D eigenvalue weighted by atomic mass is 35.5. The van der Waals surface area contributed by atoms with Crippen LogP contribution < -0.4 is 15.4 Å². The number of carbonyl (C=O) groups excluding carboxylic acids is 2. The Kier molecular flexibility index (Phi) is 6.52. The smallest absolute Gasteiger partial charge is 0.258 e. The van der Waals surface area contributed by atoms with Crippen molar-refractivity contribution in [2.45, 2.75) is 19.5 Å². The Morgan fingerprint density at radius 3 is 2.75 bits per heavy atom. The molecular formula is C16H16Cl2N2O4. The normalized spacial score (nSPS) is 11.6. The summed E-state index contributed by atoms with van der Waals surface area (Å²) in [6.07, 6.45) is 1.52. The third-order valence-electron chi connectivity index (χ3n) is 3.04. The van der Waals surface area contributed by atoms with Crippen LogP contribution in [0, 0.1) is 0 Å². The van der Waals surface area contributed by atoms with Crippen LogP contribution >= 0.6 is 23.2 Å². The third kappa shape index (κ3) is 5.47. The lowest BCUT2D eigenvalue weighted by molar-refractivity contribution is -0.129. The predicted molar refractivity (Wildman–Crippen MR) is 90.1 cm³/mol. The molecule has 2 aromatic rings. The summed E-state index contributed by atoms with van der Waals surface area (Å²) in [7, 11) is 0. The fourth-order valence-corrected chi connectivity index (χ4v) is 2.29. The molecule has 8 heteroatoms. The first-order valence-electron chi connectivity index (χ1n) is 7.13. The summed E-state index contributed by atoms with van der Waals surface area (Å²) in [5.74, 6) is 0.194. The Morgan fingerprint density at radius 2 is 2.08 bits per heavy atom. The molecule has 0 bridgehead atoms. The Labute approximate surface area is 149 Å². The van der Waals surface area contributed by atoms with Gasteiger partial charge in [-0.2, -0.15) is 0 Å². The fraction of sp³-hybridized carbons (Fsp3) is 0.250. The number of nitrogens with one attached hydrogen (secondary N) is 2. The van der Waals surface area contributed by atoms with Crippen molar-refractivity contribution < 1.29 is 18.7 Å². The van der Waals surface area contributed by atoms with Gasteiger partial charge in [-0.3, -0.25) is 9.59 Å². The number of amides is 2. The first kappa shape index (κ1) is 18.2. The number of furan rings is 1. The van der Waals surface area contributed by atoms with Crippen LogP contribution in [0.1, 0.15) is 12.7 Å². The quantitative estimate of drug-likeness (QED) is 0.784. The molecule has 128 valence electrons. The average molecular weight is 371 g/mol. The van der Waals surface area contributed by atoms with E-state index in [0.717, 1.165) is 0 Å². The molecule has 0 aliphatic carbocycles. The number of ether oxygens (including phenoxy) is 1. The minimum absolute atomic E-state index is 0.253. The van der Waals surface area contributed by atoms with Crippen molar-refractivity contribution in [1.82, 2.24) is 10.6 Å². The van der Waals surface area contributed by atoms with E-state index in [4.69, 9.17) is 32.4 Å². The molecule has 0 unspecified atom stereocenters. The summed E-state index contributed by atoms with van der Waals surface area (Å²) in [5.41, 5.74) is 0. The third-order valence-corrected chi connectivity index (χ3v) is 3.57. The van der Waals surface area contributed by atoms with Crippen molar-refractivity contribution >= 4 is 35.0 Å². The van der Waals surface area contributed by atoms with Gasteiger partial charge in [-0.25, -0.2) is 0 Å². The van der Waals surface area contributed by atoms with E-state index in [1.807, 2.05) is 0 Å². The number of carbonyl (C=O) groups is 2. The van der Waals surface area contributed by atoms with Crippen molar-refractivity contribution in [1.29, 1.82) is 0 Å². The van der Waals surface area contributed by atoms with Gasteiger partial charge in [0.15, 0.2) is 6.61 Å². The van der Waals surface area contributed by atoms with Crippen molar-refractivity contribution in [2.24, 2.45) is 0 Å². The molecule has 0 fully saturated rings. The summed E-state index contributed by atoms with van der Waals surface area (Å²) in [6.45, 7) is 1.56. The molecule has 0 aliphatic rings. The number of benzene rings is 1. The van der Waals surface area contributed by atoms with Crippen LogP contribution in [0.5, 0.6) is 5.75 Å². The first-order valence-corrected chi connectivity index (χ1v) is 7.88. The molecule has 6 nitrogen and oxygen atoms in total. The van der Waals surface area contributed by atoms with Crippen LogP contribution in [0.25, 0.3) is 0 Å². The number of hydrogen-bond acceptors (Lipinski definition) is 4. The topological polar surface area (TPSA) is 80.6 Å². The van der Waals surface area contributed by atoms with Crippen LogP contribution in [0.3, 0.4) is 0 Å². The van der Waals surface area contributed by atoms with Gasteiger partial charge >= 0.3 is 0 Å². The molecule has 2 rings (SSSR count). The molecule has 1 atom stereocenters. The van der Waals surface area contributed by atoms with Crippen molar-refractivity contribution in [3.05, 3.63) is 52.4 Å². The minimum atomic E-state index is -0.711. The second kappa shape index (κ2) is 8.61. The Hall–Kier alpha value is -2.18. The number of hydrogen-bond donors (Lipinski definition) is 2. The molecule has 0 aliphatic heterocycles. The maximum Gasteiger partial charge on any atom is 0.258 e. The highest BCUT2D eigenvalue weighted by Gasteiger charge is 2.16. The van der Waals surface area contributed by atoms with Gasteiger partial charge in [0.05, 0.1) is 17.8 Å². The minimum Gasteiger partial charge on any atom is -0.482 e. The molecule has 1 aromatic heterocycles. The van der Waals surface area contributed by atoms with E-state index in [1.165, 1.54) is 12.3 Å². The zero-order chi connectivity index (χ0) is 17.5. The zero-order valence-electron chi connectivity index (χ0n) is 12.8. The Balaban J connectivity index is 1.75. The maximum atomic E-state index is 11.9. The van der Waals surface area contributed by atoms with Crippen LogP contribution in [0.4, 0.5) is 0 Å². The lowest BCUT2D eigenvalue weighted by atomic mass is 10.3. The van der Waals surface area contributed by atoms with E-state index < -0.39 is 11.9 Å². The van der Waals surface area contributed by atoms with E-state index >= 15 is 0 Å². The SMILES string of the molecule is C[C@@H](NC(=O)COc1ccc(Cl)cc1Cl)C(=O)NCc1ccco1. The molecule has 2 amide bonds. The zero-order valence-corrected chi connectivity index (χ0v) is 14.4. The Morgan fingerprint density at radius 1 is 1.29 bits per heavy atom. The highest BCUT2D eigenvalue weighted by Crippen LogP contribution is 2.27. The van der Waals surface area contributed by atoms with Gasteiger partial charge in [0.1, 0.15) is 17.6 Å². The monoisotopic (exact) mass is 370 g/mol. The molecule has 1 aromatic carbocycles. The van der Waals surface area contributed by atoms with E-state index in [-0.39, 0.29) is 19.1 Å². The molecule has 24 heavy (non-hydrogen) atoms. The summed E-state index contributed by atoms with van der Waals surface area (Å²) >= 11 is 11.7. The lowest BCUT2D eigenvalue weighted by Crippen LogP contribution is -2.46. The molecule has 0 saturated carbocycles. The molecule has 0 spiro atoms. The van der Waals surface area contributed by atoms with Crippen LogP contribution in [-0.4, -0.2) is 24.5 Å². The number of halogens is 2. The second-order valence-corrected chi connectivity index (χ2v) is 5.79. The van der Waals surface area contributed by atoms with E-state index in [1.54, 1.807) is 31.2 Å². The van der Waals surface area contributed by atoms with Gasteiger partial charge in [0.2, 0.25) is 5.91 Å². The Bertz CT molecular complexity index is 704. The lowest BCUT2D eigenvalue weighted by Gasteiger charge is -2.14. The maximum absolute atomic E-state index is 11.9. The van der Waals surface area contributed by atoms with Crippen molar-refractivity contribution in [3.8, 4) is 5.75 Å². The molecule has 0 saturated heterocycles. The summed E-state index contributed by atoms with van der Waals surface area (Å²) in [6, 6.07) is 7.44. The van der Waals surface area contributed by atoms with Gasteiger partial charge in [0, 0.05) is 5.02 Å². The van der Waals surface area contributed by atoms with Crippen LogP contribution in [0.15, 0.2) is 41.0 Å². The molecular weight excluding hydrogens is 355 g/mol. The van der Waals surface area contributed by atoms with Gasteiger partial charge in [-0.05, 0) is 37.3 Å². The molecule has 1 heterocycles. The van der Waals surface area contributed by atoms with Gasteiger partial charge in [-0.15, -0.1) is 0 Å². The molecule has 0 radical (unpaired) electrons. The van der Waals surface area contributed by atoms with Gasteiger partial charge in [0.25, 0.3) is 5.91 Å². The van der Waals surface area contributed by atoms with Gasteiger partial charge < -0.3 is 19.8 Å². The standard InChI is InChI=1S/C16H16Cl2N2O4/c1-10(16(22)19-8-12-3-2-6-23-12)20-15(21)9-24-14-5-4-11(17)7-13(14)18/h2-7,10H,8-9H2,1H3,(H,19,22)(H,20,21)/t10-/m1/s1. The largest absolute Gasteiger partial charge is 0.482 e.